The number of ether oxygens (including phenoxy) is 2. The summed E-state index contributed by atoms with van der Waals surface area (Å²) in [6.45, 7) is 0.709. The van der Waals surface area contributed by atoms with Crippen molar-refractivity contribution in [1.29, 1.82) is 0 Å². The number of halogens is 2. The van der Waals surface area contributed by atoms with Gasteiger partial charge in [0.05, 0.1) is 12.3 Å². The average molecular weight is 493 g/mol. The Kier molecular flexibility index (Phi) is 9.05. The molecule has 0 aromatic heterocycles. The molecular weight excluding hydrogens is 471 g/mol. The number of rotatable bonds is 8. The van der Waals surface area contributed by atoms with E-state index in [1.165, 1.54) is 6.21 Å². The molecule has 0 aliphatic carbocycles. The molecule has 1 aliphatic heterocycles. The van der Waals surface area contributed by atoms with Crippen LogP contribution in [0.1, 0.15) is 18.4 Å². The predicted molar refractivity (Wildman–Crippen MR) is 125 cm³/mol. The summed E-state index contributed by atoms with van der Waals surface area (Å²) in [6.07, 6.45) is 3.10. The van der Waals surface area contributed by atoms with Crippen molar-refractivity contribution in [3.63, 3.8) is 0 Å². The minimum Gasteiger partial charge on any atom is -0.484 e. The lowest BCUT2D eigenvalue weighted by molar-refractivity contribution is -0.139. The van der Waals surface area contributed by atoms with E-state index in [-0.39, 0.29) is 19.3 Å². The maximum Gasteiger partial charge on any atom is 0.329 e. The van der Waals surface area contributed by atoms with E-state index in [0.717, 1.165) is 12.8 Å². The number of hydrogen-bond donors (Lipinski definition) is 3. The molecule has 3 rings (SSSR count). The minimum atomic E-state index is -0.880. The smallest absolute Gasteiger partial charge is 0.329 e. The Labute approximate surface area is 200 Å². The summed E-state index contributed by atoms with van der Waals surface area (Å²) in [5, 5.41) is 9.73. The molecular formula is C22H22Cl2N4O5. The molecule has 33 heavy (non-hydrogen) atoms. The third-order valence-electron chi connectivity index (χ3n) is 4.47. The highest BCUT2D eigenvalue weighted by molar-refractivity contribution is 6.35. The van der Waals surface area contributed by atoms with Crippen LogP contribution in [0.3, 0.4) is 0 Å². The molecule has 0 saturated carbocycles. The first-order chi connectivity index (χ1) is 15.9. The molecule has 1 fully saturated rings. The maximum absolute atomic E-state index is 12.1. The highest BCUT2D eigenvalue weighted by Gasteiger charge is 2.18. The van der Waals surface area contributed by atoms with Crippen molar-refractivity contribution in [2.24, 2.45) is 5.10 Å². The second kappa shape index (κ2) is 12.2. The van der Waals surface area contributed by atoms with Gasteiger partial charge in [0.2, 0.25) is 0 Å². The molecule has 3 N–H and O–H groups in total. The summed E-state index contributed by atoms with van der Waals surface area (Å²) >= 11 is 11.8. The van der Waals surface area contributed by atoms with E-state index in [0.29, 0.717) is 33.7 Å². The van der Waals surface area contributed by atoms with Crippen molar-refractivity contribution < 1.29 is 23.9 Å². The van der Waals surface area contributed by atoms with E-state index in [9.17, 15) is 14.4 Å². The quantitative estimate of drug-likeness (QED) is 0.297. The third-order valence-corrected chi connectivity index (χ3v) is 4.91. The van der Waals surface area contributed by atoms with Gasteiger partial charge in [-0.3, -0.25) is 14.4 Å². The second-order valence-corrected chi connectivity index (χ2v) is 7.98. The van der Waals surface area contributed by atoms with Gasteiger partial charge in [0.15, 0.2) is 6.61 Å². The molecule has 1 aliphatic rings. The molecule has 9 nitrogen and oxygen atoms in total. The zero-order valence-electron chi connectivity index (χ0n) is 17.5. The molecule has 2 aromatic rings. The number of nitrogens with zero attached hydrogens (tertiary/aromatic N) is 1. The van der Waals surface area contributed by atoms with Crippen molar-refractivity contribution in [2.75, 3.05) is 25.1 Å². The summed E-state index contributed by atoms with van der Waals surface area (Å²) in [5.41, 5.74) is 3.21. The van der Waals surface area contributed by atoms with E-state index in [4.69, 9.17) is 32.7 Å². The van der Waals surface area contributed by atoms with Crippen LogP contribution in [0, 0.1) is 0 Å². The standard InChI is InChI=1S/C22H22Cl2N4O5/c23-15-8-16(24)10-17(9-15)27-20(29)13-33-18-4-1-3-14(7-18)11-26-28-22(31)21(30)25-12-19-5-2-6-32-19/h1,3-4,7-11,19H,2,5-6,12-13H2,(H,25,30)(H,27,29)(H,28,31)/b26-11-/t19-/m0/s1. The van der Waals surface area contributed by atoms with E-state index in [2.05, 4.69) is 21.2 Å². The fraction of sp³-hybridized carbons (Fsp3) is 0.273. The fourth-order valence-corrected chi connectivity index (χ4v) is 3.49. The lowest BCUT2D eigenvalue weighted by Gasteiger charge is -2.09. The number of benzene rings is 2. The fourth-order valence-electron chi connectivity index (χ4n) is 2.96. The highest BCUT2D eigenvalue weighted by atomic mass is 35.5. The Bertz CT molecular complexity index is 1020. The van der Waals surface area contributed by atoms with Crippen LogP contribution in [0.5, 0.6) is 5.75 Å². The van der Waals surface area contributed by atoms with Crippen molar-refractivity contribution in [1.82, 2.24) is 10.7 Å². The molecule has 0 unspecified atom stereocenters. The first kappa shape index (κ1) is 24.5. The average Bonchev–Trinajstić information content (AvgIpc) is 3.29. The molecule has 0 bridgehead atoms. The number of amides is 3. The zero-order chi connectivity index (χ0) is 23.6. The molecule has 1 atom stereocenters. The number of nitrogens with one attached hydrogen (secondary N) is 3. The largest absolute Gasteiger partial charge is 0.484 e. The minimum absolute atomic E-state index is 0.0571. The van der Waals surface area contributed by atoms with Gasteiger partial charge in [-0.2, -0.15) is 5.10 Å². The molecule has 0 spiro atoms. The Balaban J connectivity index is 1.43. The topological polar surface area (TPSA) is 118 Å². The monoisotopic (exact) mass is 492 g/mol. The molecule has 3 amide bonds. The Morgan fingerprint density at radius 3 is 2.64 bits per heavy atom. The predicted octanol–water partition coefficient (Wildman–Crippen LogP) is 2.76. The van der Waals surface area contributed by atoms with Crippen LogP contribution in [0.2, 0.25) is 10.0 Å². The van der Waals surface area contributed by atoms with Crippen LogP contribution in [0.25, 0.3) is 0 Å². The number of hydrogen-bond acceptors (Lipinski definition) is 6. The number of carbonyl (C=O) groups excluding carboxylic acids is 3. The van der Waals surface area contributed by atoms with Crippen molar-refractivity contribution in [2.45, 2.75) is 18.9 Å². The Morgan fingerprint density at radius 2 is 1.91 bits per heavy atom. The third kappa shape index (κ3) is 8.38. The molecule has 0 radical (unpaired) electrons. The summed E-state index contributed by atoms with van der Waals surface area (Å²) in [5.74, 6) is -1.64. The van der Waals surface area contributed by atoms with Crippen LogP contribution in [0.15, 0.2) is 47.6 Å². The van der Waals surface area contributed by atoms with Crippen LogP contribution in [0.4, 0.5) is 5.69 Å². The van der Waals surface area contributed by atoms with Crippen LogP contribution in [-0.4, -0.2) is 49.8 Å². The van der Waals surface area contributed by atoms with Crippen LogP contribution in [-0.2, 0) is 19.1 Å². The number of hydrazone groups is 1. The van der Waals surface area contributed by atoms with Gasteiger partial charge < -0.3 is 20.1 Å². The number of anilines is 1. The second-order valence-electron chi connectivity index (χ2n) is 7.11. The zero-order valence-corrected chi connectivity index (χ0v) is 19.0. The van der Waals surface area contributed by atoms with E-state index >= 15 is 0 Å². The van der Waals surface area contributed by atoms with Gasteiger partial charge in [-0.1, -0.05) is 35.3 Å². The van der Waals surface area contributed by atoms with Gasteiger partial charge in [0.1, 0.15) is 5.75 Å². The molecule has 1 heterocycles. The van der Waals surface area contributed by atoms with Gasteiger partial charge in [-0.15, -0.1) is 0 Å². The molecule has 2 aromatic carbocycles. The lowest BCUT2D eigenvalue weighted by Crippen LogP contribution is -2.41. The lowest BCUT2D eigenvalue weighted by atomic mass is 10.2. The normalized spacial score (nSPS) is 15.3. The summed E-state index contributed by atoms with van der Waals surface area (Å²) in [6, 6.07) is 11.4. The van der Waals surface area contributed by atoms with E-state index in [1.807, 2.05) is 0 Å². The van der Waals surface area contributed by atoms with Gasteiger partial charge >= 0.3 is 11.8 Å². The maximum atomic E-state index is 12.1. The Hall–Kier alpha value is -3.14. The summed E-state index contributed by atoms with van der Waals surface area (Å²) in [7, 11) is 0. The van der Waals surface area contributed by atoms with Gasteiger partial charge in [-0.25, -0.2) is 5.43 Å². The van der Waals surface area contributed by atoms with Crippen LogP contribution >= 0.6 is 23.2 Å². The first-order valence-corrected chi connectivity index (χ1v) is 10.9. The van der Waals surface area contributed by atoms with Crippen molar-refractivity contribution >= 4 is 52.8 Å². The highest BCUT2D eigenvalue weighted by Crippen LogP contribution is 2.22. The SMILES string of the molecule is O=C(COc1cccc(/C=N\NC(=O)C(=O)NC[C@@H]2CCCO2)c1)Nc1cc(Cl)cc(Cl)c1. The Morgan fingerprint density at radius 1 is 1.12 bits per heavy atom. The molecule has 174 valence electrons. The number of carbonyl (C=O) groups is 3. The van der Waals surface area contributed by atoms with Gasteiger partial charge in [-0.05, 0) is 48.7 Å². The first-order valence-electron chi connectivity index (χ1n) is 10.1. The molecule has 1 saturated heterocycles. The molecule has 11 heteroatoms. The van der Waals surface area contributed by atoms with E-state index < -0.39 is 17.7 Å². The van der Waals surface area contributed by atoms with Gasteiger partial charge in [0.25, 0.3) is 5.91 Å². The summed E-state index contributed by atoms with van der Waals surface area (Å²) in [4.78, 5) is 35.7. The van der Waals surface area contributed by atoms with Crippen molar-refractivity contribution in [3.8, 4) is 5.75 Å². The van der Waals surface area contributed by atoms with Crippen LogP contribution < -0.4 is 20.8 Å². The van der Waals surface area contributed by atoms with E-state index in [1.54, 1.807) is 42.5 Å². The summed E-state index contributed by atoms with van der Waals surface area (Å²) < 4.78 is 10.9. The van der Waals surface area contributed by atoms with Crippen molar-refractivity contribution in [3.05, 3.63) is 58.1 Å². The van der Waals surface area contributed by atoms with Gasteiger partial charge in [0, 0.05) is 28.9 Å².